The molecule has 108 valence electrons. The van der Waals surface area contributed by atoms with Gasteiger partial charge < -0.3 is 9.64 Å². The molecule has 3 rings (SSSR count). The second-order valence-corrected chi connectivity index (χ2v) is 6.31. The predicted molar refractivity (Wildman–Crippen MR) is 83.3 cm³/mol. The van der Waals surface area contributed by atoms with Gasteiger partial charge in [0.1, 0.15) is 5.75 Å². The average Bonchev–Trinajstić information content (AvgIpc) is 2.85. The minimum Gasteiger partial charge on any atom is -0.462 e. The van der Waals surface area contributed by atoms with Gasteiger partial charge in [-0.2, -0.15) is 0 Å². The van der Waals surface area contributed by atoms with E-state index in [0.29, 0.717) is 6.17 Å². The van der Waals surface area contributed by atoms with Crippen molar-refractivity contribution in [3.8, 4) is 5.75 Å². The van der Waals surface area contributed by atoms with Gasteiger partial charge in [-0.25, -0.2) is 0 Å². The van der Waals surface area contributed by atoms with Crippen molar-refractivity contribution in [2.75, 3.05) is 25.5 Å². The van der Waals surface area contributed by atoms with Gasteiger partial charge in [0.2, 0.25) is 0 Å². The molecule has 0 N–H and O–H groups in total. The van der Waals surface area contributed by atoms with Crippen LogP contribution in [0, 0.1) is 0 Å². The number of likely N-dealkylation sites (N-methyl/N-ethyl adjacent to an activating group) is 2. The van der Waals surface area contributed by atoms with Crippen molar-refractivity contribution in [1.82, 2.24) is 4.90 Å². The molecular weight excluding hydrogens is 248 g/mol. The first-order valence-corrected chi connectivity index (χ1v) is 7.40. The third-order valence-corrected chi connectivity index (χ3v) is 4.96. The van der Waals surface area contributed by atoms with E-state index in [9.17, 15) is 0 Å². The molecule has 20 heavy (non-hydrogen) atoms. The van der Waals surface area contributed by atoms with Crippen LogP contribution in [0.15, 0.2) is 30.5 Å². The van der Waals surface area contributed by atoms with Crippen molar-refractivity contribution in [3.05, 3.63) is 36.1 Å². The molecule has 0 amide bonds. The molecule has 0 aliphatic carbocycles. The van der Waals surface area contributed by atoms with Crippen molar-refractivity contribution in [2.45, 2.75) is 38.3 Å². The zero-order valence-electron chi connectivity index (χ0n) is 12.9. The summed E-state index contributed by atoms with van der Waals surface area (Å²) in [7, 11) is 4.41. The average molecular weight is 272 g/mol. The summed E-state index contributed by atoms with van der Waals surface area (Å²) in [6.07, 6.45) is 2.51. The molecule has 1 aromatic carbocycles. The largest absolute Gasteiger partial charge is 0.462 e. The third kappa shape index (κ3) is 1.76. The SMILES string of the molecule is C=C(CC)Oc1ccc2c(c1)C1(C)CCN(C)C1N2C. The van der Waals surface area contributed by atoms with E-state index in [0.717, 1.165) is 24.5 Å². The minimum absolute atomic E-state index is 0.200. The molecule has 3 nitrogen and oxygen atoms in total. The Morgan fingerprint density at radius 3 is 2.90 bits per heavy atom. The summed E-state index contributed by atoms with van der Waals surface area (Å²) in [5, 5.41) is 0. The number of hydrogen-bond acceptors (Lipinski definition) is 3. The summed E-state index contributed by atoms with van der Waals surface area (Å²) in [6.45, 7) is 9.52. The molecule has 2 heterocycles. The van der Waals surface area contributed by atoms with Crippen LogP contribution in [0.1, 0.15) is 32.3 Å². The summed E-state index contributed by atoms with van der Waals surface area (Å²) in [5.74, 6) is 1.74. The first-order valence-electron chi connectivity index (χ1n) is 7.40. The Morgan fingerprint density at radius 2 is 2.20 bits per heavy atom. The van der Waals surface area contributed by atoms with Crippen LogP contribution in [-0.4, -0.2) is 31.7 Å². The predicted octanol–water partition coefficient (Wildman–Crippen LogP) is 3.36. The lowest BCUT2D eigenvalue weighted by molar-refractivity contribution is 0.268. The van der Waals surface area contributed by atoms with E-state index >= 15 is 0 Å². The molecule has 1 fully saturated rings. The molecule has 2 aliphatic heterocycles. The van der Waals surface area contributed by atoms with E-state index in [1.165, 1.54) is 17.7 Å². The van der Waals surface area contributed by atoms with Gasteiger partial charge >= 0.3 is 0 Å². The number of likely N-dealkylation sites (tertiary alicyclic amines) is 1. The van der Waals surface area contributed by atoms with Gasteiger partial charge in [0.25, 0.3) is 0 Å². The zero-order chi connectivity index (χ0) is 14.5. The molecule has 0 spiro atoms. The van der Waals surface area contributed by atoms with Gasteiger partial charge in [0.05, 0.1) is 11.9 Å². The highest BCUT2D eigenvalue weighted by atomic mass is 16.5. The van der Waals surface area contributed by atoms with E-state index in [4.69, 9.17) is 4.74 Å². The molecule has 3 heteroatoms. The molecule has 1 saturated heterocycles. The monoisotopic (exact) mass is 272 g/mol. The summed E-state index contributed by atoms with van der Waals surface area (Å²) in [5.41, 5.74) is 2.94. The molecule has 0 aromatic heterocycles. The first kappa shape index (κ1) is 13.5. The smallest absolute Gasteiger partial charge is 0.127 e. The number of ether oxygens (including phenoxy) is 1. The van der Waals surface area contributed by atoms with Gasteiger partial charge in [-0.15, -0.1) is 0 Å². The van der Waals surface area contributed by atoms with Gasteiger partial charge in [-0.1, -0.05) is 20.4 Å². The number of benzene rings is 1. The van der Waals surface area contributed by atoms with Crippen LogP contribution in [0.3, 0.4) is 0 Å². The molecule has 0 bridgehead atoms. The Bertz CT molecular complexity index is 554. The lowest BCUT2D eigenvalue weighted by Crippen LogP contribution is -2.45. The zero-order valence-corrected chi connectivity index (χ0v) is 12.9. The van der Waals surface area contributed by atoms with Crippen LogP contribution in [0.2, 0.25) is 0 Å². The van der Waals surface area contributed by atoms with E-state index in [1.54, 1.807) is 0 Å². The summed E-state index contributed by atoms with van der Waals surface area (Å²) in [6, 6.07) is 6.46. The third-order valence-electron chi connectivity index (χ3n) is 4.96. The van der Waals surface area contributed by atoms with Crippen LogP contribution in [-0.2, 0) is 5.41 Å². The number of anilines is 1. The Morgan fingerprint density at radius 1 is 1.45 bits per heavy atom. The van der Waals surface area contributed by atoms with Crippen LogP contribution in [0.5, 0.6) is 5.75 Å². The van der Waals surface area contributed by atoms with Crippen LogP contribution in [0.25, 0.3) is 0 Å². The highest BCUT2D eigenvalue weighted by Gasteiger charge is 2.52. The van der Waals surface area contributed by atoms with Crippen molar-refractivity contribution >= 4 is 5.69 Å². The fourth-order valence-corrected chi connectivity index (χ4v) is 3.86. The highest BCUT2D eigenvalue weighted by Crippen LogP contribution is 2.51. The Balaban J connectivity index is 2.00. The Kier molecular flexibility index (Phi) is 3.05. The summed E-state index contributed by atoms with van der Waals surface area (Å²) >= 11 is 0. The summed E-state index contributed by atoms with van der Waals surface area (Å²) < 4.78 is 5.82. The van der Waals surface area contributed by atoms with Crippen LogP contribution >= 0.6 is 0 Å². The molecule has 2 aliphatic rings. The van der Waals surface area contributed by atoms with E-state index < -0.39 is 0 Å². The standard InChI is InChI=1S/C17H24N2O/c1-6-12(2)20-13-7-8-15-14(11-13)17(3)9-10-18(4)16(17)19(15)5/h7-8,11,16H,2,6,9-10H2,1,3-5H3. The normalized spacial score (nSPS) is 28.4. The van der Waals surface area contributed by atoms with Gasteiger partial charge in [0.15, 0.2) is 0 Å². The number of hydrogen-bond donors (Lipinski definition) is 0. The van der Waals surface area contributed by atoms with Crippen molar-refractivity contribution in [3.63, 3.8) is 0 Å². The maximum atomic E-state index is 5.82. The number of fused-ring (bicyclic) bond motifs is 3. The van der Waals surface area contributed by atoms with Crippen molar-refractivity contribution in [2.24, 2.45) is 0 Å². The van der Waals surface area contributed by atoms with Crippen LogP contribution in [0.4, 0.5) is 5.69 Å². The maximum absolute atomic E-state index is 5.82. The number of allylic oxidation sites excluding steroid dienone is 1. The summed E-state index contributed by atoms with van der Waals surface area (Å²) in [4.78, 5) is 4.85. The fourth-order valence-electron chi connectivity index (χ4n) is 3.86. The van der Waals surface area contributed by atoms with E-state index in [-0.39, 0.29) is 5.41 Å². The quantitative estimate of drug-likeness (QED) is 0.785. The lowest BCUT2D eigenvalue weighted by atomic mass is 9.81. The highest BCUT2D eigenvalue weighted by molar-refractivity contribution is 5.66. The minimum atomic E-state index is 0.200. The van der Waals surface area contributed by atoms with Crippen molar-refractivity contribution < 1.29 is 4.74 Å². The van der Waals surface area contributed by atoms with Gasteiger partial charge in [-0.3, -0.25) is 4.90 Å². The van der Waals surface area contributed by atoms with E-state index in [1.807, 2.05) is 0 Å². The van der Waals surface area contributed by atoms with Crippen molar-refractivity contribution in [1.29, 1.82) is 0 Å². The second kappa shape index (κ2) is 4.52. The van der Waals surface area contributed by atoms with E-state index in [2.05, 4.69) is 62.5 Å². The molecule has 1 aromatic rings. The maximum Gasteiger partial charge on any atom is 0.127 e. The lowest BCUT2D eigenvalue weighted by Gasteiger charge is -2.32. The van der Waals surface area contributed by atoms with Crippen LogP contribution < -0.4 is 9.64 Å². The molecular formula is C17H24N2O. The fraction of sp³-hybridized carbons (Fsp3) is 0.529. The van der Waals surface area contributed by atoms with Gasteiger partial charge in [0, 0.05) is 31.1 Å². The first-order chi connectivity index (χ1) is 9.47. The topological polar surface area (TPSA) is 15.7 Å². The van der Waals surface area contributed by atoms with Gasteiger partial charge in [-0.05, 0) is 37.2 Å². The molecule has 0 saturated carbocycles. The molecule has 2 unspecified atom stereocenters. The number of nitrogens with zero attached hydrogens (tertiary/aromatic N) is 2. The number of rotatable bonds is 3. The Labute approximate surface area is 121 Å². The second-order valence-electron chi connectivity index (χ2n) is 6.31. The molecule has 0 radical (unpaired) electrons. The Hall–Kier alpha value is -1.48. The molecule has 2 atom stereocenters.